The Morgan fingerprint density at radius 1 is 1.13 bits per heavy atom. The summed E-state index contributed by atoms with van der Waals surface area (Å²) in [4.78, 5) is 19.3. The van der Waals surface area contributed by atoms with Crippen molar-refractivity contribution in [3.05, 3.63) is 35.9 Å². The number of nitrogens with zero attached hydrogens (tertiary/aromatic N) is 1. The van der Waals surface area contributed by atoms with Gasteiger partial charge in [0.2, 0.25) is 5.79 Å². The summed E-state index contributed by atoms with van der Waals surface area (Å²) in [6.07, 6.45) is -1.64. The van der Waals surface area contributed by atoms with Gasteiger partial charge in [-0.15, -0.1) is 0 Å². The molecule has 0 aliphatic carbocycles. The number of carbonyl (C=O) groups is 1. The Labute approximate surface area is 176 Å². The number of ether oxygens (including phenoxy) is 6. The van der Waals surface area contributed by atoms with E-state index < -0.39 is 47.8 Å². The lowest BCUT2D eigenvalue weighted by atomic mass is 9.84. The SMILES string of the molecule is COCOC[C@H]1O[C@@]2(ON(C)[C@@H](c3ccccc3)[C@@H]2C(=O)OC)[C@@H]2OC(C)(C)O[C@@H]21. The predicted molar refractivity (Wildman–Crippen MR) is 103 cm³/mol. The highest BCUT2D eigenvalue weighted by Gasteiger charge is 2.73. The molecule has 3 fully saturated rings. The lowest BCUT2D eigenvalue weighted by molar-refractivity contribution is -0.340. The molecule has 0 bridgehead atoms. The maximum absolute atomic E-state index is 13.1. The van der Waals surface area contributed by atoms with Gasteiger partial charge in [-0.2, -0.15) is 5.06 Å². The van der Waals surface area contributed by atoms with E-state index in [-0.39, 0.29) is 13.4 Å². The van der Waals surface area contributed by atoms with E-state index in [1.807, 2.05) is 44.2 Å². The maximum atomic E-state index is 13.1. The molecular formula is C21H29NO8. The highest BCUT2D eigenvalue weighted by Crippen LogP contribution is 2.56. The lowest BCUT2D eigenvalue weighted by Gasteiger charge is -2.33. The summed E-state index contributed by atoms with van der Waals surface area (Å²) in [5.41, 5.74) is 0.907. The topological polar surface area (TPSA) is 84.9 Å². The summed E-state index contributed by atoms with van der Waals surface area (Å²) in [6.45, 7) is 3.97. The Morgan fingerprint density at radius 2 is 1.87 bits per heavy atom. The second-order valence-electron chi connectivity index (χ2n) is 8.17. The summed E-state index contributed by atoms with van der Waals surface area (Å²) in [7, 11) is 4.68. The van der Waals surface area contributed by atoms with Crippen molar-refractivity contribution in [3.63, 3.8) is 0 Å². The summed E-state index contributed by atoms with van der Waals surface area (Å²) in [6, 6.07) is 9.22. The smallest absolute Gasteiger partial charge is 0.316 e. The van der Waals surface area contributed by atoms with Gasteiger partial charge in [-0.3, -0.25) is 9.63 Å². The molecule has 166 valence electrons. The molecule has 1 spiro atoms. The molecule has 0 unspecified atom stereocenters. The van der Waals surface area contributed by atoms with Gasteiger partial charge in [-0.1, -0.05) is 30.3 Å². The minimum atomic E-state index is -1.41. The van der Waals surface area contributed by atoms with Crippen LogP contribution in [0.15, 0.2) is 30.3 Å². The van der Waals surface area contributed by atoms with Crippen LogP contribution < -0.4 is 0 Å². The first-order valence-electron chi connectivity index (χ1n) is 9.98. The fourth-order valence-electron chi connectivity index (χ4n) is 4.68. The standard InChI is InChI=1S/C21H29NO8/c1-20(2)28-17-14(11-26-12-24-4)27-21(18(17)29-20)15(19(23)25-5)16(22(3)30-21)13-9-7-6-8-10-13/h6-10,14-18H,11-12H2,1-5H3/t14-,15-,16+,17-,18-,21+/m1/s1. The van der Waals surface area contributed by atoms with E-state index in [1.54, 1.807) is 19.2 Å². The van der Waals surface area contributed by atoms with E-state index >= 15 is 0 Å². The van der Waals surface area contributed by atoms with Gasteiger partial charge < -0.3 is 28.4 Å². The number of fused-ring (bicyclic) bond motifs is 2. The first-order valence-corrected chi connectivity index (χ1v) is 9.98. The zero-order valence-electron chi connectivity index (χ0n) is 17.9. The summed E-state index contributed by atoms with van der Waals surface area (Å²) in [5, 5.41) is 1.64. The molecule has 0 amide bonds. The van der Waals surface area contributed by atoms with E-state index in [0.29, 0.717) is 0 Å². The van der Waals surface area contributed by atoms with Crippen LogP contribution >= 0.6 is 0 Å². The summed E-state index contributed by atoms with van der Waals surface area (Å²) in [5.74, 6) is -3.52. The number of rotatable bonds is 6. The molecule has 0 radical (unpaired) electrons. The van der Waals surface area contributed by atoms with Crippen molar-refractivity contribution in [2.45, 2.75) is 49.8 Å². The van der Waals surface area contributed by atoms with Crippen molar-refractivity contribution in [2.24, 2.45) is 5.92 Å². The van der Waals surface area contributed by atoms with Crippen LogP contribution in [0.4, 0.5) is 0 Å². The molecule has 9 heteroatoms. The number of hydrogen-bond donors (Lipinski definition) is 0. The van der Waals surface area contributed by atoms with Crippen molar-refractivity contribution in [1.82, 2.24) is 5.06 Å². The molecule has 0 N–H and O–H groups in total. The zero-order chi connectivity index (χ0) is 21.5. The Kier molecular flexibility index (Phi) is 5.88. The first kappa shape index (κ1) is 21.6. The monoisotopic (exact) mass is 423 g/mol. The van der Waals surface area contributed by atoms with E-state index in [1.165, 1.54) is 7.11 Å². The van der Waals surface area contributed by atoms with Crippen molar-refractivity contribution in [2.75, 3.05) is 34.7 Å². The van der Waals surface area contributed by atoms with Crippen LogP contribution in [0.1, 0.15) is 25.5 Å². The molecule has 9 nitrogen and oxygen atoms in total. The number of benzene rings is 1. The third-order valence-electron chi connectivity index (χ3n) is 5.73. The molecule has 0 saturated carbocycles. The minimum Gasteiger partial charge on any atom is -0.469 e. The number of hydroxylamine groups is 2. The molecule has 0 aromatic heterocycles. The van der Waals surface area contributed by atoms with Crippen LogP contribution in [0.3, 0.4) is 0 Å². The Morgan fingerprint density at radius 3 is 2.53 bits per heavy atom. The van der Waals surface area contributed by atoms with Gasteiger partial charge in [0.15, 0.2) is 5.79 Å². The van der Waals surface area contributed by atoms with Gasteiger partial charge in [0.1, 0.15) is 31.0 Å². The molecular weight excluding hydrogens is 394 g/mol. The molecule has 1 aromatic rings. The third-order valence-corrected chi connectivity index (χ3v) is 5.73. The third kappa shape index (κ3) is 3.54. The van der Waals surface area contributed by atoms with E-state index in [2.05, 4.69) is 0 Å². The molecule has 30 heavy (non-hydrogen) atoms. The second kappa shape index (κ2) is 8.16. The predicted octanol–water partition coefficient (Wildman–Crippen LogP) is 1.63. The minimum absolute atomic E-state index is 0.113. The van der Waals surface area contributed by atoms with E-state index in [4.69, 9.17) is 33.3 Å². The van der Waals surface area contributed by atoms with Crippen LogP contribution in [0.2, 0.25) is 0 Å². The van der Waals surface area contributed by atoms with Crippen LogP contribution in [-0.4, -0.2) is 75.6 Å². The molecule has 4 rings (SSSR count). The van der Waals surface area contributed by atoms with Crippen molar-refractivity contribution >= 4 is 5.97 Å². The van der Waals surface area contributed by atoms with Crippen LogP contribution in [0.5, 0.6) is 0 Å². The summed E-state index contributed by atoms with van der Waals surface area (Å²) < 4.78 is 34.4. The summed E-state index contributed by atoms with van der Waals surface area (Å²) >= 11 is 0. The molecule has 6 atom stereocenters. The van der Waals surface area contributed by atoms with Gasteiger partial charge >= 0.3 is 5.97 Å². The molecule has 3 aliphatic rings. The number of methoxy groups -OCH3 is 2. The van der Waals surface area contributed by atoms with Gasteiger partial charge in [0, 0.05) is 14.2 Å². The number of carbonyl (C=O) groups excluding carboxylic acids is 1. The fourth-order valence-corrected chi connectivity index (χ4v) is 4.68. The molecule has 3 saturated heterocycles. The number of esters is 1. The Balaban J connectivity index is 1.73. The van der Waals surface area contributed by atoms with Crippen LogP contribution in [-0.2, 0) is 38.1 Å². The van der Waals surface area contributed by atoms with E-state index in [9.17, 15) is 4.79 Å². The zero-order valence-corrected chi connectivity index (χ0v) is 17.9. The van der Waals surface area contributed by atoms with Gasteiger partial charge in [0.25, 0.3) is 0 Å². The molecule has 3 heterocycles. The maximum Gasteiger partial charge on any atom is 0.316 e. The van der Waals surface area contributed by atoms with Crippen LogP contribution in [0, 0.1) is 5.92 Å². The van der Waals surface area contributed by atoms with Gasteiger partial charge in [-0.25, -0.2) is 0 Å². The first-order chi connectivity index (χ1) is 14.3. The quantitative estimate of drug-likeness (QED) is 0.385. The van der Waals surface area contributed by atoms with Crippen molar-refractivity contribution in [3.8, 4) is 0 Å². The van der Waals surface area contributed by atoms with Crippen LogP contribution in [0.25, 0.3) is 0 Å². The average molecular weight is 423 g/mol. The largest absolute Gasteiger partial charge is 0.469 e. The fraction of sp³-hybridized carbons (Fsp3) is 0.667. The Bertz CT molecular complexity index is 759. The molecule has 3 aliphatic heterocycles. The van der Waals surface area contributed by atoms with Gasteiger partial charge in [-0.05, 0) is 19.4 Å². The van der Waals surface area contributed by atoms with E-state index in [0.717, 1.165) is 5.56 Å². The highest BCUT2D eigenvalue weighted by atomic mass is 16.9. The van der Waals surface area contributed by atoms with Crippen molar-refractivity contribution in [1.29, 1.82) is 0 Å². The number of hydrogen-bond acceptors (Lipinski definition) is 9. The second-order valence-corrected chi connectivity index (χ2v) is 8.17. The molecule has 1 aromatic carbocycles. The average Bonchev–Trinajstić information content (AvgIpc) is 3.30. The van der Waals surface area contributed by atoms with Gasteiger partial charge in [0.05, 0.1) is 19.8 Å². The van der Waals surface area contributed by atoms with Crippen molar-refractivity contribution < 1.29 is 38.1 Å². The normalized spacial score (nSPS) is 37.6. The Hall–Kier alpha value is -1.59. The lowest BCUT2D eigenvalue weighted by Crippen LogP contribution is -2.51. The highest BCUT2D eigenvalue weighted by molar-refractivity contribution is 5.75.